The Morgan fingerprint density at radius 3 is 1.50 bits per heavy atom. The van der Waals surface area contributed by atoms with Gasteiger partial charge in [-0.1, -0.05) is 76.9 Å². The molecule has 0 fully saturated rings. The summed E-state index contributed by atoms with van der Waals surface area (Å²) in [6, 6.07) is 0. The second-order valence-electron chi connectivity index (χ2n) is 6.25. The summed E-state index contributed by atoms with van der Waals surface area (Å²) >= 11 is 0. The van der Waals surface area contributed by atoms with Gasteiger partial charge in [0.1, 0.15) is 0 Å². The van der Waals surface area contributed by atoms with Crippen LogP contribution in [-0.4, -0.2) is 22.2 Å². The molecule has 0 aliphatic heterocycles. The van der Waals surface area contributed by atoms with Crippen molar-refractivity contribution in [2.24, 2.45) is 0 Å². The summed E-state index contributed by atoms with van der Waals surface area (Å²) in [6.07, 6.45) is 21.2. The summed E-state index contributed by atoms with van der Waals surface area (Å²) in [5, 5.41) is 15.9. The normalized spacial score (nSPS) is 10.4. The average molecular weight is 343 g/mol. The minimum Gasteiger partial charge on any atom is -0.481 e. The van der Waals surface area contributed by atoms with Crippen molar-refractivity contribution in [3.05, 3.63) is 12.2 Å². The first kappa shape index (κ1) is 24.9. The van der Waals surface area contributed by atoms with Gasteiger partial charge in [-0.05, 0) is 25.7 Å². The van der Waals surface area contributed by atoms with Gasteiger partial charge in [0, 0.05) is 13.3 Å². The third-order valence-electron chi connectivity index (χ3n) is 3.65. The molecule has 0 aliphatic rings. The number of carboxylic acid groups (broad SMARTS) is 2. The molecule has 0 aromatic heterocycles. The van der Waals surface area contributed by atoms with E-state index in [1.54, 1.807) is 0 Å². The fraction of sp³-hybridized carbons (Fsp3) is 0.800. The Morgan fingerprint density at radius 1 is 0.708 bits per heavy atom. The Labute approximate surface area is 148 Å². The van der Waals surface area contributed by atoms with E-state index in [4.69, 9.17) is 15.0 Å². The van der Waals surface area contributed by atoms with E-state index in [-0.39, 0.29) is 0 Å². The van der Waals surface area contributed by atoms with Crippen molar-refractivity contribution < 1.29 is 19.8 Å². The number of hydrogen-bond donors (Lipinski definition) is 2. The van der Waals surface area contributed by atoms with Crippen LogP contribution in [0.5, 0.6) is 0 Å². The Morgan fingerprint density at radius 2 is 1.08 bits per heavy atom. The molecule has 142 valence electrons. The largest absolute Gasteiger partial charge is 0.481 e. The summed E-state index contributed by atoms with van der Waals surface area (Å²) in [7, 11) is 0. The van der Waals surface area contributed by atoms with E-state index in [1.807, 2.05) is 0 Å². The van der Waals surface area contributed by atoms with Crippen molar-refractivity contribution in [3.63, 3.8) is 0 Å². The maximum Gasteiger partial charge on any atom is 0.303 e. The summed E-state index contributed by atoms with van der Waals surface area (Å²) in [5.74, 6) is -1.49. The third-order valence-corrected chi connectivity index (χ3v) is 3.65. The van der Waals surface area contributed by atoms with E-state index in [1.165, 1.54) is 70.6 Å². The van der Waals surface area contributed by atoms with Crippen molar-refractivity contribution in [1.29, 1.82) is 0 Å². The molecule has 24 heavy (non-hydrogen) atoms. The lowest BCUT2D eigenvalue weighted by atomic mass is 10.1. The molecule has 0 saturated carbocycles. The predicted octanol–water partition coefficient (Wildman–Crippen LogP) is 6.20. The van der Waals surface area contributed by atoms with Crippen LogP contribution in [0.25, 0.3) is 0 Å². The number of carboxylic acids is 2. The number of hydrogen-bond acceptors (Lipinski definition) is 2. The second-order valence-corrected chi connectivity index (χ2v) is 6.25. The molecule has 0 saturated heterocycles. The van der Waals surface area contributed by atoms with Gasteiger partial charge in [0.2, 0.25) is 0 Å². The molecular formula is C20H38O4. The van der Waals surface area contributed by atoms with Crippen LogP contribution in [0.4, 0.5) is 0 Å². The van der Waals surface area contributed by atoms with Gasteiger partial charge in [-0.15, -0.1) is 0 Å². The van der Waals surface area contributed by atoms with Crippen LogP contribution in [0.15, 0.2) is 12.2 Å². The highest BCUT2D eigenvalue weighted by Crippen LogP contribution is 2.11. The third kappa shape index (κ3) is 32.6. The summed E-state index contributed by atoms with van der Waals surface area (Å²) < 4.78 is 0. The molecule has 4 heteroatoms. The molecule has 0 amide bonds. The molecule has 0 rings (SSSR count). The highest BCUT2D eigenvalue weighted by molar-refractivity contribution is 5.66. The summed E-state index contributed by atoms with van der Waals surface area (Å²) in [6.45, 7) is 3.32. The molecule has 0 aromatic rings. The lowest BCUT2D eigenvalue weighted by molar-refractivity contribution is -0.137. The van der Waals surface area contributed by atoms with Gasteiger partial charge in [0.05, 0.1) is 0 Å². The fourth-order valence-electron chi connectivity index (χ4n) is 2.33. The van der Waals surface area contributed by atoms with E-state index in [0.717, 1.165) is 19.8 Å². The average Bonchev–Trinajstić information content (AvgIpc) is 2.50. The molecule has 0 atom stereocenters. The van der Waals surface area contributed by atoms with Gasteiger partial charge in [-0.25, -0.2) is 0 Å². The topological polar surface area (TPSA) is 74.6 Å². The fourth-order valence-corrected chi connectivity index (χ4v) is 2.33. The van der Waals surface area contributed by atoms with E-state index in [0.29, 0.717) is 6.42 Å². The van der Waals surface area contributed by atoms with E-state index < -0.39 is 11.9 Å². The molecule has 0 unspecified atom stereocenters. The predicted molar refractivity (Wildman–Crippen MR) is 100 cm³/mol. The smallest absolute Gasteiger partial charge is 0.303 e. The number of unbranched alkanes of at least 4 members (excludes halogenated alkanes) is 11. The number of carbonyl (C=O) groups is 2. The Balaban J connectivity index is 0. The first-order valence-electron chi connectivity index (χ1n) is 9.57. The maximum absolute atomic E-state index is 10.3. The van der Waals surface area contributed by atoms with Gasteiger partial charge in [0.15, 0.2) is 0 Å². The molecule has 0 aromatic carbocycles. The van der Waals surface area contributed by atoms with E-state index in [9.17, 15) is 4.79 Å². The second kappa shape index (κ2) is 21.7. The van der Waals surface area contributed by atoms with Crippen molar-refractivity contribution >= 4 is 11.9 Å². The monoisotopic (exact) mass is 342 g/mol. The van der Waals surface area contributed by atoms with Crippen LogP contribution >= 0.6 is 0 Å². The molecule has 0 bridgehead atoms. The maximum atomic E-state index is 10.3. The van der Waals surface area contributed by atoms with E-state index >= 15 is 0 Å². The van der Waals surface area contributed by atoms with Gasteiger partial charge >= 0.3 is 5.97 Å². The zero-order valence-electron chi connectivity index (χ0n) is 15.8. The van der Waals surface area contributed by atoms with Crippen molar-refractivity contribution in [1.82, 2.24) is 0 Å². The Bertz CT molecular complexity index is 307. The molecular weight excluding hydrogens is 304 g/mol. The first-order chi connectivity index (χ1) is 11.5. The lowest BCUT2D eigenvalue weighted by Gasteiger charge is -2.01. The van der Waals surface area contributed by atoms with Crippen molar-refractivity contribution in [3.8, 4) is 0 Å². The zero-order valence-corrected chi connectivity index (χ0v) is 15.8. The van der Waals surface area contributed by atoms with Crippen LogP contribution in [0.2, 0.25) is 0 Å². The Hall–Kier alpha value is -1.32. The van der Waals surface area contributed by atoms with Gasteiger partial charge < -0.3 is 10.2 Å². The molecule has 0 radical (unpaired) electrons. The molecule has 0 spiro atoms. The zero-order chi connectivity index (χ0) is 18.5. The molecule has 0 heterocycles. The number of rotatable bonds is 15. The van der Waals surface area contributed by atoms with Crippen LogP contribution in [0.3, 0.4) is 0 Å². The van der Waals surface area contributed by atoms with Crippen LogP contribution < -0.4 is 0 Å². The van der Waals surface area contributed by atoms with Crippen LogP contribution in [0.1, 0.15) is 104 Å². The highest BCUT2D eigenvalue weighted by Gasteiger charge is 1.96. The number of allylic oxidation sites excluding steroid dienone is 2. The lowest BCUT2D eigenvalue weighted by Crippen LogP contribution is -1.93. The van der Waals surface area contributed by atoms with Gasteiger partial charge in [-0.3, -0.25) is 9.59 Å². The highest BCUT2D eigenvalue weighted by atomic mass is 16.4. The minimum atomic E-state index is -0.833. The van der Waals surface area contributed by atoms with Gasteiger partial charge in [-0.2, -0.15) is 0 Å². The number of aliphatic carboxylic acids is 2. The first-order valence-corrected chi connectivity index (χ1v) is 9.57. The van der Waals surface area contributed by atoms with Crippen molar-refractivity contribution in [2.75, 3.05) is 0 Å². The van der Waals surface area contributed by atoms with E-state index in [2.05, 4.69) is 19.1 Å². The van der Waals surface area contributed by atoms with Crippen LogP contribution in [-0.2, 0) is 9.59 Å². The minimum absolute atomic E-state index is 0.339. The van der Waals surface area contributed by atoms with Gasteiger partial charge in [0.25, 0.3) is 5.97 Å². The SMILES string of the molecule is CC(=O)O.CCCC/C=C\CCCCCCCCCCCC(=O)O. The molecule has 0 aliphatic carbocycles. The molecule has 2 N–H and O–H groups in total. The molecule has 4 nitrogen and oxygen atoms in total. The Kier molecular flexibility index (Phi) is 22.5. The quantitative estimate of drug-likeness (QED) is 0.274. The van der Waals surface area contributed by atoms with Crippen LogP contribution in [0, 0.1) is 0 Å². The summed E-state index contributed by atoms with van der Waals surface area (Å²) in [5.41, 5.74) is 0. The van der Waals surface area contributed by atoms with Crippen molar-refractivity contribution in [2.45, 2.75) is 104 Å². The summed E-state index contributed by atoms with van der Waals surface area (Å²) in [4.78, 5) is 19.3. The standard InChI is InChI=1S/C18H34O2.C2H4O2/c1-2-3-4-5-6-7-8-9-10-11-12-13-14-15-16-17-18(19)20;1-2(3)4/h5-6H,2-4,7-17H2,1H3,(H,19,20);1H3,(H,3,4)/b6-5-;.